The zero-order valence-corrected chi connectivity index (χ0v) is 29.9. The maximum atomic E-state index is 12.3. The number of allylic oxidation sites excluding steroid dienone is 2. The topological polar surface area (TPSA) is 119 Å². The molecule has 0 aliphatic rings. The lowest BCUT2D eigenvalue weighted by atomic mass is 10.0. The van der Waals surface area contributed by atoms with Crippen LogP contribution in [0.3, 0.4) is 0 Å². The van der Waals surface area contributed by atoms with Crippen LogP contribution in [0.15, 0.2) is 12.2 Å². The first kappa shape index (κ1) is 43.8. The van der Waals surface area contributed by atoms with Gasteiger partial charge in [0.1, 0.15) is 6.61 Å². The standard InChI is InChI=1S/C36H69O8P/c1-3-5-7-9-11-13-15-17-18-19-21-23-25-27-29-31-36(38)44-34(33-43-45(39,40)41)32-42-35(37)30-28-26-24-22-20-16-14-12-10-8-6-4-2/h9,11,34H,3-8,10,12-33H2,1-2H3,(H2,39,40,41)/b11-9+/t34-/m1/s1. The summed E-state index contributed by atoms with van der Waals surface area (Å²) in [6.07, 6.45) is 33.6. The first-order valence-electron chi connectivity index (χ1n) is 18.5. The molecular weight excluding hydrogens is 591 g/mol. The molecule has 45 heavy (non-hydrogen) atoms. The number of phosphoric acid groups is 1. The first-order chi connectivity index (χ1) is 21.8. The molecule has 0 rings (SSSR count). The zero-order chi connectivity index (χ0) is 33.3. The van der Waals surface area contributed by atoms with Gasteiger partial charge in [0.05, 0.1) is 6.61 Å². The maximum absolute atomic E-state index is 12.3. The van der Waals surface area contributed by atoms with Crippen LogP contribution in [0.4, 0.5) is 0 Å². The van der Waals surface area contributed by atoms with E-state index in [4.69, 9.17) is 19.3 Å². The molecule has 0 aromatic carbocycles. The molecule has 0 bridgehead atoms. The second kappa shape index (κ2) is 32.7. The number of hydrogen-bond acceptors (Lipinski definition) is 6. The number of hydrogen-bond donors (Lipinski definition) is 2. The van der Waals surface area contributed by atoms with Crippen molar-refractivity contribution >= 4 is 19.8 Å². The second-order valence-electron chi connectivity index (χ2n) is 12.6. The Bertz CT molecular complexity index is 751. The van der Waals surface area contributed by atoms with E-state index in [9.17, 15) is 14.2 Å². The molecule has 0 heterocycles. The largest absolute Gasteiger partial charge is 0.469 e. The summed E-state index contributed by atoms with van der Waals surface area (Å²) in [5, 5.41) is 0. The highest BCUT2D eigenvalue weighted by atomic mass is 31.2. The molecule has 8 nitrogen and oxygen atoms in total. The van der Waals surface area contributed by atoms with Crippen molar-refractivity contribution in [2.24, 2.45) is 0 Å². The van der Waals surface area contributed by atoms with Crippen molar-refractivity contribution in [3.05, 3.63) is 12.2 Å². The SMILES string of the molecule is CCCC/C=C/CCCCCCCCCCCC(=O)O[C@H](COC(=O)CCCCCCCCCCCCCC)COP(=O)(O)O. The van der Waals surface area contributed by atoms with Crippen LogP contribution in [0.5, 0.6) is 0 Å². The predicted molar refractivity (Wildman–Crippen MR) is 184 cm³/mol. The van der Waals surface area contributed by atoms with Gasteiger partial charge in [0.25, 0.3) is 0 Å². The molecule has 0 aliphatic heterocycles. The van der Waals surface area contributed by atoms with Crippen molar-refractivity contribution in [1.29, 1.82) is 0 Å². The quantitative estimate of drug-likeness (QED) is 0.0303. The molecule has 0 saturated heterocycles. The normalized spacial score (nSPS) is 12.5. The molecule has 1 atom stereocenters. The number of unbranched alkanes of at least 4 members (excludes halogenated alkanes) is 22. The summed E-state index contributed by atoms with van der Waals surface area (Å²) in [5.41, 5.74) is 0. The number of phosphoric ester groups is 1. The predicted octanol–water partition coefficient (Wildman–Crippen LogP) is 10.7. The lowest BCUT2D eigenvalue weighted by molar-refractivity contribution is -0.161. The van der Waals surface area contributed by atoms with Crippen LogP contribution in [0, 0.1) is 0 Å². The molecule has 0 saturated carbocycles. The molecule has 0 fully saturated rings. The van der Waals surface area contributed by atoms with Crippen molar-refractivity contribution in [2.75, 3.05) is 13.2 Å². The van der Waals surface area contributed by atoms with Gasteiger partial charge in [0.2, 0.25) is 0 Å². The highest BCUT2D eigenvalue weighted by molar-refractivity contribution is 7.46. The Morgan fingerprint density at radius 2 is 0.956 bits per heavy atom. The Kier molecular flexibility index (Phi) is 31.8. The monoisotopic (exact) mass is 660 g/mol. The lowest BCUT2D eigenvalue weighted by Crippen LogP contribution is -2.29. The molecule has 266 valence electrons. The molecule has 0 aliphatic carbocycles. The van der Waals surface area contributed by atoms with Crippen LogP contribution < -0.4 is 0 Å². The summed E-state index contributed by atoms with van der Waals surface area (Å²) in [6.45, 7) is 3.65. The molecule has 9 heteroatoms. The summed E-state index contributed by atoms with van der Waals surface area (Å²) in [6, 6.07) is 0. The van der Waals surface area contributed by atoms with Crippen molar-refractivity contribution in [2.45, 2.75) is 193 Å². The van der Waals surface area contributed by atoms with Gasteiger partial charge in [-0.1, -0.05) is 154 Å². The van der Waals surface area contributed by atoms with Crippen molar-refractivity contribution in [3.8, 4) is 0 Å². The molecule has 0 unspecified atom stereocenters. The molecule has 0 aromatic rings. The summed E-state index contributed by atoms with van der Waals surface area (Å²) in [5.74, 6) is -0.881. The van der Waals surface area contributed by atoms with Crippen LogP contribution in [-0.2, 0) is 28.2 Å². The van der Waals surface area contributed by atoms with E-state index in [1.165, 1.54) is 116 Å². The molecule has 0 amide bonds. The summed E-state index contributed by atoms with van der Waals surface area (Å²) in [7, 11) is -4.74. The van der Waals surface area contributed by atoms with E-state index >= 15 is 0 Å². The van der Waals surface area contributed by atoms with Gasteiger partial charge in [-0.05, 0) is 32.1 Å². The van der Waals surface area contributed by atoms with E-state index in [1.54, 1.807) is 0 Å². The third-order valence-electron chi connectivity index (χ3n) is 8.03. The number of carbonyl (C=O) groups is 2. The first-order valence-corrected chi connectivity index (χ1v) is 20.0. The molecular formula is C36H69O8P. The van der Waals surface area contributed by atoms with Gasteiger partial charge < -0.3 is 19.3 Å². The van der Waals surface area contributed by atoms with Gasteiger partial charge in [0.15, 0.2) is 6.10 Å². The number of carbonyl (C=O) groups excluding carboxylic acids is 2. The third kappa shape index (κ3) is 35.5. The molecule has 0 spiro atoms. The average molecular weight is 661 g/mol. The van der Waals surface area contributed by atoms with Gasteiger partial charge in [-0.3, -0.25) is 14.1 Å². The van der Waals surface area contributed by atoms with Crippen molar-refractivity contribution in [3.63, 3.8) is 0 Å². The zero-order valence-electron chi connectivity index (χ0n) is 29.0. The smallest absolute Gasteiger partial charge is 0.462 e. The minimum absolute atomic E-state index is 0.213. The second-order valence-corrected chi connectivity index (χ2v) is 13.8. The minimum atomic E-state index is -4.74. The fraction of sp³-hybridized carbons (Fsp3) is 0.889. The molecule has 2 N–H and O–H groups in total. The Labute approximate surface area is 276 Å². The average Bonchev–Trinajstić information content (AvgIpc) is 3.00. The fourth-order valence-electron chi connectivity index (χ4n) is 5.24. The Morgan fingerprint density at radius 1 is 0.556 bits per heavy atom. The van der Waals surface area contributed by atoms with E-state index in [-0.39, 0.29) is 19.4 Å². The van der Waals surface area contributed by atoms with E-state index in [0.717, 1.165) is 38.5 Å². The Morgan fingerprint density at radius 3 is 1.42 bits per heavy atom. The minimum Gasteiger partial charge on any atom is -0.462 e. The van der Waals surface area contributed by atoms with Gasteiger partial charge in [-0.25, -0.2) is 4.57 Å². The Hall–Kier alpha value is -1.21. The highest BCUT2D eigenvalue weighted by Gasteiger charge is 2.22. The van der Waals surface area contributed by atoms with Crippen LogP contribution >= 0.6 is 7.82 Å². The van der Waals surface area contributed by atoms with Crippen LogP contribution in [0.2, 0.25) is 0 Å². The van der Waals surface area contributed by atoms with Crippen molar-refractivity contribution in [1.82, 2.24) is 0 Å². The highest BCUT2D eigenvalue weighted by Crippen LogP contribution is 2.36. The number of ether oxygens (including phenoxy) is 2. The third-order valence-corrected chi connectivity index (χ3v) is 8.52. The van der Waals surface area contributed by atoms with Crippen LogP contribution in [-0.4, -0.2) is 41.0 Å². The summed E-state index contributed by atoms with van der Waals surface area (Å²) >= 11 is 0. The number of rotatable bonds is 34. The lowest BCUT2D eigenvalue weighted by Gasteiger charge is -2.18. The number of esters is 2. The van der Waals surface area contributed by atoms with Gasteiger partial charge in [-0.2, -0.15) is 0 Å². The van der Waals surface area contributed by atoms with Crippen molar-refractivity contribution < 1.29 is 37.9 Å². The van der Waals surface area contributed by atoms with Gasteiger partial charge in [0, 0.05) is 12.8 Å². The molecule has 0 radical (unpaired) electrons. The van der Waals surface area contributed by atoms with Gasteiger partial charge in [-0.15, -0.1) is 0 Å². The van der Waals surface area contributed by atoms with Gasteiger partial charge >= 0.3 is 19.8 Å². The Balaban J connectivity index is 3.95. The maximum Gasteiger partial charge on any atom is 0.469 e. The van der Waals surface area contributed by atoms with E-state index in [0.29, 0.717) is 6.42 Å². The summed E-state index contributed by atoms with van der Waals surface area (Å²) < 4.78 is 26.3. The molecule has 0 aromatic heterocycles. The fourth-order valence-corrected chi connectivity index (χ4v) is 5.60. The summed E-state index contributed by atoms with van der Waals surface area (Å²) in [4.78, 5) is 42.6. The van der Waals surface area contributed by atoms with E-state index in [1.807, 2.05) is 0 Å². The van der Waals surface area contributed by atoms with E-state index < -0.39 is 32.5 Å². The van der Waals surface area contributed by atoms with Crippen LogP contribution in [0.1, 0.15) is 187 Å². The van der Waals surface area contributed by atoms with Crippen LogP contribution in [0.25, 0.3) is 0 Å². The van der Waals surface area contributed by atoms with E-state index in [2.05, 4.69) is 30.5 Å².